The Bertz CT molecular complexity index is 478. The van der Waals surface area contributed by atoms with Crippen molar-refractivity contribution < 1.29 is 23.4 Å². The van der Waals surface area contributed by atoms with E-state index in [0.29, 0.717) is 19.6 Å². The van der Waals surface area contributed by atoms with Crippen LogP contribution in [0.4, 0.5) is 8.78 Å². The predicted octanol–water partition coefficient (Wildman–Crippen LogP) is 1.62. The van der Waals surface area contributed by atoms with Gasteiger partial charge in [0.2, 0.25) is 0 Å². The molecule has 1 aromatic rings. The summed E-state index contributed by atoms with van der Waals surface area (Å²) in [6.07, 6.45) is 0.477. The lowest BCUT2D eigenvalue weighted by Gasteiger charge is -2.46. The summed E-state index contributed by atoms with van der Waals surface area (Å²) in [5, 5.41) is 9.74. The number of hydrogen-bond donors (Lipinski definition) is 1. The highest BCUT2D eigenvalue weighted by atomic mass is 19.1. The first-order valence-corrected chi connectivity index (χ1v) is 5.99. The van der Waals surface area contributed by atoms with Gasteiger partial charge in [-0.05, 0) is 18.6 Å². The van der Waals surface area contributed by atoms with Crippen molar-refractivity contribution in [3.8, 4) is 5.75 Å². The molecule has 0 radical (unpaired) electrons. The number of halogens is 2. The van der Waals surface area contributed by atoms with Crippen LogP contribution in [0.25, 0.3) is 0 Å². The third kappa shape index (κ3) is 1.47. The summed E-state index contributed by atoms with van der Waals surface area (Å²) < 4.78 is 38.4. The molecule has 98 valence electrons. The van der Waals surface area contributed by atoms with Gasteiger partial charge >= 0.3 is 0 Å². The first kappa shape index (κ1) is 11.9. The summed E-state index contributed by atoms with van der Waals surface area (Å²) in [5.74, 6) is -1.29. The normalized spacial score (nSPS) is 30.3. The zero-order valence-electron chi connectivity index (χ0n) is 9.79. The van der Waals surface area contributed by atoms with Gasteiger partial charge in [-0.1, -0.05) is 0 Å². The van der Waals surface area contributed by atoms with Crippen LogP contribution in [-0.4, -0.2) is 31.5 Å². The van der Waals surface area contributed by atoms with E-state index in [1.807, 2.05) is 0 Å². The van der Waals surface area contributed by atoms with E-state index in [1.54, 1.807) is 0 Å². The van der Waals surface area contributed by atoms with Gasteiger partial charge in [-0.3, -0.25) is 0 Å². The van der Waals surface area contributed by atoms with Crippen LogP contribution in [-0.2, 0) is 10.2 Å². The molecule has 0 aromatic heterocycles. The molecule has 2 heterocycles. The second-order valence-corrected chi connectivity index (χ2v) is 4.88. The Balaban J connectivity index is 2.21. The number of aliphatic hydroxyl groups excluding tert-OH is 1. The first-order chi connectivity index (χ1) is 8.69. The molecule has 5 heteroatoms. The minimum absolute atomic E-state index is 0.0535. The Labute approximate surface area is 103 Å². The van der Waals surface area contributed by atoms with Crippen molar-refractivity contribution in [3.63, 3.8) is 0 Å². The summed E-state index contributed by atoms with van der Waals surface area (Å²) in [6.45, 7) is 0.855. The van der Waals surface area contributed by atoms with Crippen LogP contribution in [0.2, 0.25) is 0 Å². The van der Waals surface area contributed by atoms with Gasteiger partial charge < -0.3 is 14.6 Å². The molecule has 0 amide bonds. The SMILES string of the molecule is OCC12CCOCC1COc1c(F)ccc(F)c12. The van der Waals surface area contributed by atoms with Crippen LogP contribution in [0.1, 0.15) is 12.0 Å². The summed E-state index contributed by atoms with van der Waals surface area (Å²) in [7, 11) is 0. The predicted molar refractivity (Wildman–Crippen MR) is 59.5 cm³/mol. The maximum absolute atomic E-state index is 14.1. The van der Waals surface area contributed by atoms with Crippen LogP contribution < -0.4 is 4.74 Å². The highest BCUT2D eigenvalue weighted by Crippen LogP contribution is 2.48. The molecule has 2 unspecified atom stereocenters. The Morgan fingerprint density at radius 2 is 2.06 bits per heavy atom. The van der Waals surface area contributed by atoms with Crippen molar-refractivity contribution in [2.75, 3.05) is 26.4 Å². The second kappa shape index (κ2) is 4.17. The highest BCUT2D eigenvalue weighted by Gasteiger charge is 2.49. The first-order valence-electron chi connectivity index (χ1n) is 5.99. The number of hydrogen-bond acceptors (Lipinski definition) is 3. The average molecular weight is 256 g/mol. The van der Waals surface area contributed by atoms with E-state index >= 15 is 0 Å². The Kier molecular flexibility index (Phi) is 2.75. The van der Waals surface area contributed by atoms with E-state index in [4.69, 9.17) is 9.47 Å². The molecule has 1 fully saturated rings. The van der Waals surface area contributed by atoms with Gasteiger partial charge in [0.15, 0.2) is 11.6 Å². The zero-order valence-corrected chi connectivity index (χ0v) is 9.79. The fourth-order valence-corrected chi connectivity index (χ4v) is 2.99. The third-order valence-electron chi connectivity index (χ3n) is 4.06. The summed E-state index contributed by atoms with van der Waals surface area (Å²) in [4.78, 5) is 0. The molecule has 0 spiro atoms. The molecular formula is C13H14F2O3. The summed E-state index contributed by atoms with van der Waals surface area (Å²) in [5.41, 5.74) is -0.609. The van der Waals surface area contributed by atoms with Crippen LogP contribution in [0.3, 0.4) is 0 Å². The van der Waals surface area contributed by atoms with Crippen LogP contribution in [0.5, 0.6) is 5.75 Å². The maximum Gasteiger partial charge on any atom is 0.165 e. The Morgan fingerprint density at radius 1 is 1.28 bits per heavy atom. The lowest BCUT2D eigenvalue weighted by molar-refractivity contribution is -0.0553. The Morgan fingerprint density at radius 3 is 2.83 bits per heavy atom. The standard InChI is InChI=1S/C13H14F2O3/c14-9-1-2-10(15)12-11(9)13(7-16)3-4-17-5-8(13)6-18-12/h1-2,8,16H,3-7H2. The van der Waals surface area contributed by atoms with Gasteiger partial charge in [0.25, 0.3) is 0 Å². The van der Waals surface area contributed by atoms with E-state index in [1.165, 1.54) is 0 Å². The lowest BCUT2D eigenvalue weighted by Crippen LogP contribution is -2.51. The minimum Gasteiger partial charge on any atom is -0.490 e. The molecule has 2 aliphatic heterocycles. The van der Waals surface area contributed by atoms with Gasteiger partial charge in [-0.15, -0.1) is 0 Å². The van der Waals surface area contributed by atoms with Gasteiger partial charge in [-0.25, -0.2) is 8.78 Å². The topological polar surface area (TPSA) is 38.7 Å². The van der Waals surface area contributed by atoms with E-state index in [0.717, 1.165) is 12.1 Å². The number of rotatable bonds is 1. The van der Waals surface area contributed by atoms with Gasteiger partial charge in [-0.2, -0.15) is 0 Å². The molecule has 0 bridgehead atoms. The fraction of sp³-hybridized carbons (Fsp3) is 0.538. The third-order valence-corrected chi connectivity index (χ3v) is 4.06. The van der Waals surface area contributed by atoms with E-state index < -0.39 is 17.0 Å². The van der Waals surface area contributed by atoms with Crippen molar-refractivity contribution in [2.45, 2.75) is 11.8 Å². The minimum atomic E-state index is -0.780. The Hall–Kier alpha value is -1.20. The van der Waals surface area contributed by atoms with Crippen molar-refractivity contribution in [1.29, 1.82) is 0 Å². The summed E-state index contributed by atoms with van der Waals surface area (Å²) in [6, 6.07) is 2.14. The fourth-order valence-electron chi connectivity index (χ4n) is 2.99. The molecule has 2 aliphatic rings. The monoisotopic (exact) mass is 256 g/mol. The van der Waals surface area contributed by atoms with Gasteiger partial charge in [0.1, 0.15) is 5.82 Å². The van der Waals surface area contributed by atoms with Crippen molar-refractivity contribution in [3.05, 3.63) is 29.3 Å². The van der Waals surface area contributed by atoms with Crippen molar-refractivity contribution in [2.24, 2.45) is 5.92 Å². The van der Waals surface area contributed by atoms with Crippen LogP contribution in [0, 0.1) is 17.6 Å². The molecule has 0 saturated carbocycles. The molecule has 3 rings (SSSR count). The van der Waals surface area contributed by atoms with Crippen LogP contribution >= 0.6 is 0 Å². The van der Waals surface area contributed by atoms with Crippen LogP contribution in [0.15, 0.2) is 12.1 Å². The molecule has 1 N–H and O–H groups in total. The van der Waals surface area contributed by atoms with E-state index in [2.05, 4.69) is 0 Å². The quantitative estimate of drug-likeness (QED) is 0.830. The molecule has 2 atom stereocenters. The van der Waals surface area contributed by atoms with E-state index in [9.17, 15) is 13.9 Å². The molecule has 3 nitrogen and oxygen atoms in total. The largest absolute Gasteiger partial charge is 0.490 e. The van der Waals surface area contributed by atoms with Crippen molar-refractivity contribution in [1.82, 2.24) is 0 Å². The number of ether oxygens (including phenoxy) is 2. The lowest BCUT2D eigenvalue weighted by atomic mass is 9.66. The maximum atomic E-state index is 14.1. The number of aliphatic hydroxyl groups is 1. The molecule has 1 saturated heterocycles. The molecule has 0 aliphatic carbocycles. The van der Waals surface area contributed by atoms with Gasteiger partial charge in [0.05, 0.1) is 19.8 Å². The number of benzene rings is 1. The highest BCUT2D eigenvalue weighted by molar-refractivity contribution is 5.45. The van der Waals surface area contributed by atoms with Gasteiger partial charge in [0, 0.05) is 23.5 Å². The molecule has 18 heavy (non-hydrogen) atoms. The molecular weight excluding hydrogens is 242 g/mol. The second-order valence-electron chi connectivity index (χ2n) is 4.88. The average Bonchev–Trinajstić information content (AvgIpc) is 2.42. The van der Waals surface area contributed by atoms with Crippen molar-refractivity contribution >= 4 is 0 Å². The summed E-state index contributed by atoms with van der Waals surface area (Å²) >= 11 is 0. The number of fused-ring (bicyclic) bond motifs is 3. The smallest absolute Gasteiger partial charge is 0.165 e. The zero-order chi connectivity index (χ0) is 12.8. The molecule has 1 aromatic carbocycles. The van der Waals surface area contributed by atoms with E-state index in [-0.39, 0.29) is 30.4 Å².